The van der Waals surface area contributed by atoms with Crippen molar-refractivity contribution in [1.82, 2.24) is 5.32 Å². The van der Waals surface area contributed by atoms with Crippen LogP contribution in [0.3, 0.4) is 0 Å². The van der Waals surface area contributed by atoms with Crippen LogP contribution >= 0.6 is 34.2 Å². The second-order valence-corrected chi connectivity index (χ2v) is 6.31. The van der Waals surface area contributed by atoms with Gasteiger partial charge in [-0.15, -0.1) is 11.6 Å². The van der Waals surface area contributed by atoms with E-state index in [0.29, 0.717) is 12.4 Å². The summed E-state index contributed by atoms with van der Waals surface area (Å²) in [6.07, 6.45) is 1.94. The lowest BCUT2D eigenvalue weighted by Gasteiger charge is -2.29. The van der Waals surface area contributed by atoms with Crippen molar-refractivity contribution < 1.29 is 4.79 Å². The second-order valence-electron chi connectivity index (χ2n) is 4.96. The molecule has 1 rings (SSSR count). The molecule has 1 amide bonds. The number of rotatable bonds is 6. The van der Waals surface area contributed by atoms with Gasteiger partial charge in [-0.25, -0.2) is 0 Å². The molecule has 106 valence electrons. The van der Waals surface area contributed by atoms with Gasteiger partial charge in [0.15, 0.2) is 0 Å². The molecule has 2 nitrogen and oxygen atoms in total. The fourth-order valence-corrected chi connectivity index (χ4v) is 3.00. The maximum Gasteiger partial charge on any atom is 0.252 e. The zero-order chi connectivity index (χ0) is 14.5. The molecule has 0 saturated carbocycles. The number of halogens is 2. The van der Waals surface area contributed by atoms with E-state index >= 15 is 0 Å². The molecular formula is C15H21ClINO. The Bertz CT molecular complexity index is 436. The third-order valence-corrected chi connectivity index (χ3v) is 5.84. The van der Waals surface area contributed by atoms with Crippen LogP contribution in [0.2, 0.25) is 0 Å². The lowest BCUT2D eigenvalue weighted by Crippen LogP contribution is -2.38. The predicted molar refractivity (Wildman–Crippen MR) is 90.0 cm³/mol. The third kappa shape index (κ3) is 4.09. The van der Waals surface area contributed by atoms with Crippen molar-refractivity contribution >= 4 is 40.1 Å². The van der Waals surface area contributed by atoms with E-state index in [2.05, 4.69) is 41.8 Å². The third-order valence-electron chi connectivity index (χ3n) is 3.84. The lowest BCUT2D eigenvalue weighted by atomic mass is 9.84. The number of amides is 1. The number of carbonyl (C=O) groups is 1. The standard InChI is InChI=1S/C15H21ClINO/c1-4-15(5-2,9-16)10-18-14(19)12-8-6-7-11(3)13(12)17/h6-8H,4-5,9-10H2,1-3H3,(H,18,19). The van der Waals surface area contributed by atoms with E-state index in [4.69, 9.17) is 11.6 Å². The summed E-state index contributed by atoms with van der Waals surface area (Å²) >= 11 is 8.28. The fourth-order valence-electron chi connectivity index (χ4n) is 1.92. The number of hydrogen-bond acceptors (Lipinski definition) is 1. The van der Waals surface area contributed by atoms with Crippen molar-refractivity contribution in [3.63, 3.8) is 0 Å². The first kappa shape index (κ1) is 16.8. The van der Waals surface area contributed by atoms with Crippen LogP contribution in [0.5, 0.6) is 0 Å². The van der Waals surface area contributed by atoms with Crippen LogP contribution in [-0.4, -0.2) is 18.3 Å². The van der Waals surface area contributed by atoms with Gasteiger partial charge in [0.2, 0.25) is 0 Å². The van der Waals surface area contributed by atoms with E-state index in [9.17, 15) is 4.79 Å². The van der Waals surface area contributed by atoms with Gasteiger partial charge in [-0.3, -0.25) is 4.79 Å². The average Bonchev–Trinajstić information content (AvgIpc) is 2.44. The van der Waals surface area contributed by atoms with Gasteiger partial charge < -0.3 is 5.32 Å². The van der Waals surface area contributed by atoms with Gasteiger partial charge in [0.05, 0.1) is 5.56 Å². The van der Waals surface area contributed by atoms with Crippen LogP contribution in [0.15, 0.2) is 18.2 Å². The largest absolute Gasteiger partial charge is 0.351 e. The van der Waals surface area contributed by atoms with Crippen molar-refractivity contribution in [1.29, 1.82) is 0 Å². The van der Waals surface area contributed by atoms with E-state index in [1.54, 1.807) is 0 Å². The van der Waals surface area contributed by atoms with Crippen LogP contribution in [0.4, 0.5) is 0 Å². The molecule has 0 atom stereocenters. The van der Waals surface area contributed by atoms with Crippen molar-refractivity contribution in [2.24, 2.45) is 5.41 Å². The highest BCUT2D eigenvalue weighted by molar-refractivity contribution is 14.1. The van der Waals surface area contributed by atoms with Crippen molar-refractivity contribution in [3.8, 4) is 0 Å². The lowest BCUT2D eigenvalue weighted by molar-refractivity contribution is 0.0931. The summed E-state index contributed by atoms with van der Waals surface area (Å²) in [6.45, 7) is 6.88. The molecule has 0 fully saturated rings. The Morgan fingerprint density at radius 2 is 2.00 bits per heavy atom. The average molecular weight is 394 g/mol. The quantitative estimate of drug-likeness (QED) is 0.564. The number of alkyl halides is 1. The van der Waals surface area contributed by atoms with Gasteiger partial charge in [0.25, 0.3) is 5.91 Å². The number of nitrogens with one attached hydrogen (secondary N) is 1. The zero-order valence-corrected chi connectivity index (χ0v) is 14.6. The Labute approximate surface area is 134 Å². The van der Waals surface area contributed by atoms with Crippen LogP contribution in [-0.2, 0) is 0 Å². The number of benzene rings is 1. The predicted octanol–water partition coefficient (Wildman–Crippen LogP) is 4.37. The highest BCUT2D eigenvalue weighted by atomic mass is 127. The number of hydrogen-bond donors (Lipinski definition) is 1. The molecule has 0 aliphatic carbocycles. The van der Waals surface area contributed by atoms with Crippen molar-refractivity contribution in [2.75, 3.05) is 12.4 Å². The SMILES string of the molecule is CCC(CC)(CCl)CNC(=O)c1cccc(C)c1I. The summed E-state index contributed by atoms with van der Waals surface area (Å²) in [4.78, 5) is 12.3. The minimum absolute atomic E-state index is 0.00643. The molecule has 0 aliphatic heterocycles. The van der Waals surface area contributed by atoms with Gasteiger partial charge in [0.1, 0.15) is 0 Å². The zero-order valence-electron chi connectivity index (χ0n) is 11.7. The minimum atomic E-state index is -0.00973. The van der Waals surface area contributed by atoms with Gasteiger partial charge in [-0.05, 0) is 54.0 Å². The second kappa shape index (κ2) is 7.48. The van der Waals surface area contributed by atoms with Crippen molar-refractivity contribution in [2.45, 2.75) is 33.6 Å². The summed E-state index contributed by atoms with van der Waals surface area (Å²) in [7, 11) is 0. The summed E-state index contributed by atoms with van der Waals surface area (Å²) in [5, 5.41) is 3.03. The van der Waals surface area contributed by atoms with E-state index in [-0.39, 0.29) is 11.3 Å². The first-order valence-corrected chi connectivity index (χ1v) is 8.20. The number of aryl methyl sites for hydroxylation is 1. The highest BCUT2D eigenvalue weighted by Gasteiger charge is 2.26. The summed E-state index contributed by atoms with van der Waals surface area (Å²) in [6, 6.07) is 5.80. The molecule has 0 aromatic heterocycles. The summed E-state index contributed by atoms with van der Waals surface area (Å²) in [5.74, 6) is 0.565. The van der Waals surface area contributed by atoms with Gasteiger partial charge >= 0.3 is 0 Å². The van der Waals surface area contributed by atoms with Crippen LogP contribution in [0.25, 0.3) is 0 Å². The molecule has 0 saturated heterocycles. The maximum absolute atomic E-state index is 12.3. The minimum Gasteiger partial charge on any atom is -0.351 e. The van der Waals surface area contributed by atoms with Crippen LogP contribution in [0.1, 0.15) is 42.6 Å². The van der Waals surface area contributed by atoms with Gasteiger partial charge in [-0.1, -0.05) is 26.0 Å². The van der Waals surface area contributed by atoms with Crippen molar-refractivity contribution in [3.05, 3.63) is 32.9 Å². The number of carbonyl (C=O) groups excluding carboxylic acids is 1. The molecule has 1 aromatic rings. The normalized spacial score (nSPS) is 11.4. The van der Waals surface area contributed by atoms with Gasteiger partial charge in [-0.2, -0.15) is 0 Å². The Balaban J connectivity index is 2.78. The molecule has 1 N–H and O–H groups in total. The van der Waals surface area contributed by atoms with Gasteiger partial charge in [0, 0.05) is 21.4 Å². The first-order chi connectivity index (χ1) is 8.99. The Hall–Kier alpha value is -0.290. The smallest absolute Gasteiger partial charge is 0.252 e. The molecule has 19 heavy (non-hydrogen) atoms. The summed E-state index contributed by atoms with van der Waals surface area (Å²) in [5.41, 5.74) is 1.88. The van der Waals surface area contributed by atoms with Crippen LogP contribution < -0.4 is 5.32 Å². The van der Waals surface area contributed by atoms with E-state index in [1.807, 2.05) is 25.1 Å². The fraction of sp³-hybridized carbons (Fsp3) is 0.533. The summed E-state index contributed by atoms with van der Waals surface area (Å²) < 4.78 is 1.02. The molecule has 0 heterocycles. The maximum atomic E-state index is 12.3. The van der Waals surface area contributed by atoms with E-state index in [0.717, 1.165) is 27.5 Å². The topological polar surface area (TPSA) is 29.1 Å². The monoisotopic (exact) mass is 393 g/mol. The molecule has 0 aliphatic rings. The van der Waals surface area contributed by atoms with E-state index in [1.165, 1.54) is 0 Å². The molecular weight excluding hydrogens is 373 g/mol. The van der Waals surface area contributed by atoms with Crippen LogP contribution in [0, 0.1) is 15.9 Å². The molecule has 4 heteroatoms. The molecule has 0 unspecified atom stereocenters. The highest BCUT2D eigenvalue weighted by Crippen LogP contribution is 2.27. The molecule has 0 radical (unpaired) electrons. The molecule has 1 aromatic carbocycles. The van der Waals surface area contributed by atoms with E-state index < -0.39 is 0 Å². The Morgan fingerprint density at radius 1 is 1.37 bits per heavy atom. The Kier molecular flexibility index (Phi) is 6.60. The molecule has 0 spiro atoms. The first-order valence-electron chi connectivity index (χ1n) is 6.59. The Morgan fingerprint density at radius 3 is 2.53 bits per heavy atom. The molecule has 0 bridgehead atoms.